The lowest BCUT2D eigenvalue weighted by atomic mass is 9.95. The molecular formula is C15H23ClN2O3S. The largest absolute Gasteiger partial charge is 0.380 e. The normalized spacial score (nSPS) is 25.1. The van der Waals surface area contributed by atoms with E-state index in [0.717, 1.165) is 19.4 Å². The first-order valence-corrected chi connectivity index (χ1v) is 9.09. The maximum Gasteiger partial charge on any atom is 0.216 e. The summed E-state index contributed by atoms with van der Waals surface area (Å²) in [5, 5.41) is 2.98. The number of nitrogens with one attached hydrogen (secondary N) is 2. The standard InChI is InChI=1S/C15H22N2O3S.ClH/c18-21(19,13-5-3-9-20-11-13)17-10-15-14-6-2-1-4-12(14)7-8-16-15;/h1-2,4,6,13,15-17H,3,5,7-11H2;1H. The van der Waals surface area contributed by atoms with Gasteiger partial charge >= 0.3 is 0 Å². The van der Waals surface area contributed by atoms with Crippen molar-refractivity contribution < 1.29 is 13.2 Å². The number of benzene rings is 1. The van der Waals surface area contributed by atoms with Crippen LogP contribution in [0.5, 0.6) is 0 Å². The lowest BCUT2D eigenvalue weighted by molar-refractivity contribution is 0.0988. The van der Waals surface area contributed by atoms with Crippen LogP contribution >= 0.6 is 12.4 Å². The highest BCUT2D eigenvalue weighted by Crippen LogP contribution is 2.22. The first kappa shape index (κ1) is 17.7. The fraction of sp³-hybridized carbons (Fsp3) is 0.600. The van der Waals surface area contributed by atoms with Crippen molar-refractivity contribution in [2.45, 2.75) is 30.6 Å². The lowest BCUT2D eigenvalue weighted by Crippen LogP contribution is -2.44. The van der Waals surface area contributed by atoms with E-state index in [1.165, 1.54) is 11.1 Å². The van der Waals surface area contributed by atoms with Gasteiger partial charge in [-0.3, -0.25) is 0 Å². The SMILES string of the molecule is Cl.O=S(=O)(NCC1NCCc2ccccc21)C1CCCOC1. The quantitative estimate of drug-likeness (QED) is 0.864. The van der Waals surface area contributed by atoms with Gasteiger partial charge in [-0.25, -0.2) is 13.1 Å². The Balaban J connectivity index is 0.00000176. The van der Waals surface area contributed by atoms with Crippen LogP contribution in [0.25, 0.3) is 0 Å². The van der Waals surface area contributed by atoms with Gasteiger partial charge in [0.05, 0.1) is 11.9 Å². The number of halogens is 1. The molecule has 5 nitrogen and oxygen atoms in total. The van der Waals surface area contributed by atoms with Gasteiger partial charge in [0.2, 0.25) is 10.0 Å². The fourth-order valence-electron chi connectivity index (χ4n) is 3.05. The van der Waals surface area contributed by atoms with Crippen LogP contribution in [-0.2, 0) is 21.2 Å². The molecule has 2 unspecified atom stereocenters. The van der Waals surface area contributed by atoms with Crippen LogP contribution in [0.15, 0.2) is 24.3 Å². The van der Waals surface area contributed by atoms with Crippen LogP contribution in [-0.4, -0.2) is 40.0 Å². The van der Waals surface area contributed by atoms with Gasteiger partial charge in [-0.15, -0.1) is 12.4 Å². The van der Waals surface area contributed by atoms with Crippen LogP contribution in [0.3, 0.4) is 0 Å². The molecule has 124 valence electrons. The molecule has 0 aromatic heterocycles. The molecule has 1 aromatic rings. The van der Waals surface area contributed by atoms with E-state index in [9.17, 15) is 8.42 Å². The number of ether oxygens (including phenoxy) is 1. The summed E-state index contributed by atoms with van der Waals surface area (Å²) in [4.78, 5) is 0. The van der Waals surface area contributed by atoms with Crippen LogP contribution in [0.4, 0.5) is 0 Å². The van der Waals surface area contributed by atoms with Crippen LogP contribution in [0, 0.1) is 0 Å². The van der Waals surface area contributed by atoms with Gasteiger partial charge in [0.15, 0.2) is 0 Å². The van der Waals surface area contributed by atoms with E-state index in [2.05, 4.69) is 22.2 Å². The molecule has 0 amide bonds. The summed E-state index contributed by atoms with van der Waals surface area (Å²) >= 11 is 0. The predicted molar refractivity (Wildman–Crippen MR) is 88.9 cm³/mol. The predicted octanol–water partition coefficient (Wildman–Crippen LogP) is 1.39. The summed E-state index contributed by atoms with van der Waals surface area (Å²) in [6.45, 7) is 2.26. The molecule has 3 rings (SSSR count). The third kappa shape index (κ3) is 4.00. The molecule has 2 atom stereocenters. The number of hydrogen-bond acceptors (Lipinski definition) is 4. The van der Waals surface area contributed by atoms with E-state index in [1.807, 2.05) is 12.1 Å². The summed E-state index contributed by atoms with van der Waals surface area (Å²) in [5.41, 5.74) is 2.51. The second-order valence-electron chi connectivity index (χ2n) is 5.69. The molecule has 1 fully saturated rings. The van der Waals surface area contributed by atoms with E-state index in [1.54, 1.807) is 0 Å². The Kier molecular flexibility index (Phi) is 6.23. The molecular weight excluding hydrogens is 324 g/mol. The number of rotatable bonds is 4. The highest BCUT2D eigenvalue weighted by Gasteiger charge is 2.29. The third-order valence-electron chi connectivity index (χ3n) is 4.26. The monoisotopic (exact) mass is 346 g/mol. The zero-order valence-corrected chi connectivity index (χ0v) is 14.1. The molecule has 0 radical (unpaired) electrons. The van der Waals surface area contributed by atoms with Gasteiger partial charge in [0.1, 0.15) is 0 Å². The first-order valence-electron chi connectivity index (χ1n) is 7.54. The molecule has 0 aliphatic carbocycles. The highest BCUT2D eigenvalue weighted by atomic mass is 35.5. The third-order valence-corrected chi connectivity index (χ3v) is 6.08. The van der Waals surface area contributed by atoms with Crippen LogP contribution in [0.1, 0.15) is 30.0 Å². The van der Waals surface area contributed by atoms with Crippen molar-refractivity contribution in [3.05, 3.63) is 35.4 Å². The van der Waals surface area contributed by atoms with Crippen molar-refractivity contribution in [3.8, 4) is 0 Å². The molecule has 2 heterocycles. The average molecular weight is 347 g/mol. The zero-order valence-electron chi connectivity index (χ0n) is 12.5. The van der Waals surface area contributed by atoms with Gasteiger partial charge in [0.25, 0.3) is 0 Å². The van der Waals surface area contributed by atoms with E-state index >= 15 is 0 Å². The Morgan fingerprint density at radius 2 is 2.14 bits per heavy atom. The van der Waals surface area contributed by atoms with Gasteiger partial charge in [-0.1, -0.05) is 24.3 Å². The molecule has 2 aliphatic rings. The molecule has 22 heavy (non-hydrogen) atoms. The second kappa shape index (κ2) is 7.75. The summed E-state index contributed by atoms with van der Waals surface area (Å²) in [6.07, 6.45) is 2.50. The average Bonchev–Trinajstić information content (AvgIpc) is 2.54. The van der Waals surface area contributed by atoms with E-state index in [-0.39, 0.29) is 18.4 Å². The number of sulfonamides is 1. The Bertz CT molecular complexity index is 588. The summed E-state index contributed by atoms with van der Waals surface area (Å²) in [7, 11) is -3.30. The van der Waals surface area contributed by atoms with Crippen molar-refractivity contribution >= 4 is 22.4 Å². The van der Waals surface area contributed by atoms with E-state index in [4.69, 9.17) is 4.74 Å². The number of fused-ring (bicyclic) bond motifs is 1. The Hall–Kier alpha value is -0.660. The van der Waals surface area contributed by atoms with Gasteiger partial charge < -0.3 is 10.1 Å². The first-order chi connectivity index (χ1) is 10.2. The van der Waals surface area contributed by atoms with Gasteiger partial charge in [-0.2, -0.15) is 0 Å². The van der Waals surface area contributed by atoms with Gasteiger partial charge in [0, 0.05) is 19.2 Å². The van der Waals surface area contributed by atoms with Crippen molar-refractivity contribution in [2.24, 2.45) is 0 Å². The molecule has 0 saturated carbocycles. The molecule has 2 aliphatic heterocycles. The topological polar surface area (TPSA) is 67.4 Å². The van der Waals surface area contributed by atoms with Crippen molar-refractivity contribution in [1.29, 1.82) is 0 Å². The minimum absolute atomic E-state index is 0. The molecule has 0 spiro atoms. The zero-order chi connectivity index (χ0) is 14.7. The maximum atomic E-state index is 12.3. The van der Waals surface area contributed by atoms with Crippen LogP contribution in [0.2, 0.25) is 0 Å². The molecule has 0 bridgehead atoms. The molecule has 1 saturated heterocycles. The Morgan fingerprint density at radius 1 is 1.32 bits per heavy atom. The van der Waals surface area contributed by atoms with Crippen molar-refractivity contribution in [3.63, 3.8) is 0 Å². The van der Waals surface area contributed by atoms with Crippen LogP contribution < -0.4 is 10.0 Å². The molecule has 2 N–H and O–H groups in total. The Morgan fingerprint density at radius 3 is 2.91 bits per heavy atom. The van der Waals surface area contributed by atoms with E-state index < -0.39 is 15.3 Å². The van der Waals surface area contributed by atoms with Crippen molar-refractivity contribution in [2.75, 3.05) is 26.3 Å². The highest BCUT2D eigenvalue weighted by molar-refractivity contribution is 7.90. The second-order valence-corrected chi connectivity index (χ2v) is 7.73. The fourth-order valence-corrected chi connectivity index (χ4v) is 4.44. The minimum atomic E-state index is -3.30. The summed E-state index contributed by atoms with van der Waals surface area (Å²) in [5.74, 6) is 0. The Labute approximate surface area is 138 Å². The van der Waals surface area contributed by atoms with E-state index in [0.29, 0.717) is 26.2 Å². The maximum absolute atomic E-state index is 12.3. The summed E-state index contributed by atoms with van der Waals surface area (Å²) in [6, 6.07) is 8.28. The van der Waals surface area contributed by atoms with Crippen molar-refractivity contribution in [1.82, 2.24) is 10.0 Å². The minimum Gasteiger partial charge on any atom is -0.380 e. The van der Waals surface area contributed by atoms with Gasteiger partial charge in [-0.05, 0) is 36.9 Å². The molecule has 7 heteroatoms. The summed E-state index contributed by atoms with van der Waals surface area (Å²) < 4.78 is 32.7. The smallest absolute Gasteiger partial charge is 0.216 e. The number of hydrogen-bond donors (Lipinski definition) is 2. The lowest BCUT2D eigenvalue weighted by Gasteiger charge is -2.28. The molecule has 1 aromatic carbocycles.